The molecule has 1 amide bonds. The van der Waals surface area contributed by atoms with Crippen LogP contribution in [0.25, 0.3) is 0 Å². The molecular weight excluding hydrogens is 336 g/mol. The molecule has 0 atom stereocenters. The van der Waals surface area contributed by atoms with Crippen molar-refractivity contribution in [1.29, 1.82) is 0 Å². The SMILES string of the molecule is CC(C)(CNc1c(Br)cnn(CC2CCC2)c1=O)C(N)=O. The Kier molecular flexibility index (Phi) is 4.70. The fraction of sp³-hybridized carbons (Fsp3) is 0.643. The highest BCUT2D eigenvalue weighted by Crippen LogP contribution is 2.27. The molecule has 1 fully saturated rings. The molecule has 0 aromatic carbocycles. The molecule has 0 unspecified atom stereocenters. The molecule has 1 aliphatic carbocycles. The van der Waals surface area contributed by atoms with E-state index in [0.717, 1.165) is 12.8 Å². The number of carbonyl (C=O) groups is 1. The van der Waals surface area contributed by atoms with Crippen molar-refractivity contribution in [3.05, 3.63) is 21.0 Å². The number of anilines is 1. The van der Waals surface area contributed by atoms with Crippen LogP contribution in [0.1, 0.15) is 33.1 Å². The maximum atomic E-state index is 12.4. The van der Waals surface area contributed by atoms with E-state index in [1.54, 1.807) is 20.0 Å². The second-order valence-electron chi connectivity index (χ2n) is 6.25. The first kappa shape index (κ1) is 16.0. The van der Waals surface area contributed by atoms with Crippen LogP contribution in [-0.2, 0) is 11.3 Å². The Hall–Kier alpha value is -1.37. The van der Waals surface area contributed by atoms with Crippen molar-refractivity contribution < 1.29 is 4.79 Å². The summed E-state index contributed by atoms with van der Waals surface area (Å²) in [5.41, 5.74) is 4.88. The van der Waals surface area contributed by atoms with Gasteiger partial charge in [-0.05, 0) is 48.5 Å². The zero-order valence-electron chi connectivity index (χ0n) is 12.4. The minimum Gasteiger partial charge on any atom is -0.379 e. The third-order valence-corrected chi connectivity index (χ3v) is 4.63. The number of carbonyl (C=O) groups excluding carboxylic acids is 1. The largest absolute Gasteiger partial charge is 0.379 e. The fourth-order valence-electron chi connectivity index (χ4n) is 2.08. The lowest BCUT2D eigenvalue weighted by molar-refractivity contribution is -0.125. The number of rotatable bonds is 6. The molecule has 1 aromatic rings. The van der Waals surface area contributed by atoms with Crippen LogP contribution in [-0.4, -0.2) is 22.2 Å². The van der Waals surface area contributed by atoms with Crippen LogP contribution in [0.2, 0.25) is 0 Å². The second kappa shape index (κ2) is 6.17. The summed E-state index contributed by atoms with van der Waals surface area (Å²) < 4.78 is 2.09. The third kappa shape index (κ3) is 3.64. The lowest BCUT2D eigenvalue weighted by Gasteiger charge is -2.26. The minimum atomic E-state index is -0.728. The molecule has 1 heterocycles. The van der Waals surface area contributed by atoms with Crippen LogP contribution >= 0.6 is 15.9 Å². The number of amides is 1. The van der Waals surface area contributed by atoms with Gasteiger partial charge in [-0.2, -0.15) is 5.10 Å². The van der Waals surface area contributed by atoms with E-state index >= 15 is 0 Å². The maximum absolute atomic E-state index is 12.4. The van der Waals surface area contributed by atoms with Gasteiger partial charge in [0.1, 0.15) is 5.69 Å². The average molecular weight is 357 g/mol. The standard InChI is InChI=1S/C14H21BrN4O2/c1-14(2,13(16)21)8-17-11-10(15)6-18-19(12(11)20)7-9-4-3-5-9/h6,9,17H,3-5,7-8H2,1-2H3,(H2,16,21). The summed E-state index contributed by atoms with van der Waals surface area (Å²) >= 11 is 3.33. The summed E-state index contributed by atoms with van der Waals surface area (Å²) in [4.78, 5) is 23.8. The molecule has 3 N–H and O–H groups in total. The Balaban J connectivity index is 2.16. The molecule has 0 radical (unpaired) electrons. The van der Waals surface area contributed by atoms with E-state index in [4.69, 9.17) is 5.73 Å². The van der Waals surface area contributed by atoms with Gasteiger partial charge in [0.15, 0.2) is 0 Å². The summed E-state index contributed by atoms with van der Waals surface area (Å²) in [5, 5.41) is 7.20. The average Bonchev–Trinajstić information content (AvgIpc) is 2.35. The van der Waals surface area contributed by atoms with Gasteiger partial charge in [0.25, 0.3) is 5.56 Å². The predicted octanol–water partition coefficient (Wildman–Crippen LogP) is 1.73. The molecular formula is C14H21BrN4O2. The van der Waals surface area contributed by atoms with Gasteiger partial charge in [-0.15, -0.1) is 0 Å². The number of hydrogen-bond donors (Lipinski definition) is 2. The van der Waals surface area contributed by atoms with Crippen molar-refractivity contribution in [3.63, 3.8) is 0 Å². The number of hydrogen-bond acceptors (Lipinski definition) is 4. The van der Waals surface area contributed by atoms with Crippen LogP contribution in [0.4, 0.5) is 5.69 Å². The fourth-order valence-corrected chi connectivity index (χ4v) is 2.48. The van der Waals surface area contributed by atoms with E-state index in [0.29, 0.717) is 29.2 Å². The minimum absolute atomic E-state index is 0.170. The van der Waals surface area contributed by atoms with E-state index in [9.17, 15) is 9.59 Å². The van der Waals surface area contributed by atoms with Crippen LogP contribution in [0.5, 0.6) is 0 Å². The van der Waals surface area contributed by atoms with Crippen molar-refractivity contribution in [2.45, 2.75) is 39.7 Å². The summed E-state index contributed by atoms with van der Waals surface area (Å²) in [6.07, 6.45) is 5.15. The summed E-state index contributed by atoms with van der Waals surface area (Å²) in [7, 11) is 0. The normalized spacial score (nSPS) is 15.6. The van der Waals surface area contributed by atoms with Gasteiger partial charge < -0.3 is 11.1 Å². The van der Waals surface area contributed by atoms with Crippen molar-refractivity contribution in [3.8, 4) is 0 Å². The molecule has 2 rings (SSSR count). The summed E-state index contributed by atoms with van der Waals surface area (Å²) in [5.74, 6) is 0.140. The first-order valence-electron chi connectivity index (χ1n) is 7.10. The summed E-state index contributed by atoms with van der Waals surface area (Å²) in [6, 6.07) is 0. The van der Waals surface area contributed by atoms with Crippen LogP contribution in [0.3, 0.4) is 0 Å². The highest BCUT2D eigenvalue weighted by molar-refractivity contribution is 9.10. The number of primary amides is 1. The van der Waals surface area contributed by atoms with Gasteiger partial charge in [0.05, 0.1) is 16.1 Å². The molecule has 0 bridgehead atoms. The number of halogens is 1. The number of nitrogens with zero attached hydrogens (tertiary/aromatic N) is 2. The van der Waals surface area contributed by atoms with Gasteiger partial charge in [0, 0.05) is 13.1 Å². The summed E-state index contributed by atoms with van der Waals surface area (Å²) in [6.45, 7) is 4.43. The Morgan fingerprint density at radius 3 is 2.76 bits per heavy atom. The maximum Gasteiger partial charge on any atom is 0.291 e. The van der Waals surface area contributed by atoms with Gasteiger partial charge in [-0.1, -0.05) is 6.42 Å². The molecule has 6 nitrogen and oxygen atoms in total. The van der Waals surface area contributed by atoms with Crippen LogP contribution in [0, 0.1) is 11.3 Å². The Labute approximate surface area is 132 Å². The van der Waals surface area contributed by atoms with Gasteiger partial charge in [-0.3, -0.25) is 9.59 Å². The highest BCUT2D eigenvalue weighted by atomic mass is 79.9. The zero-order valence-corrected chi connectivity index (χ0v) is 13.9. The van der Waals surface area contributed by atoms with Gasteiger partial charge in [0.2, 0.25) is 5.91 Å². The molecule has 0 aliphatic heterocycles. The lowest BCUT2D eigenvalue weighted by atomic mass is 9.85. The van der Waals surface area contributed by atoms with E-state index in [2.05, 4.69) is 26.3 Å². The highest BCUT2D eigenvalue weighted by Gasteiger charge is 2.26. The molecule has 1 saturated carbocycles. The number of aromatic nitrogens is 2. The van der Waals surface area contributed by atoms with E-state index in [1.807, 2.05) is 0 Å². The molecule has 21 heavy (non-hydrogen) atoms. The first-order chi connectivity index (χ1) is 9.81. The van der Waals surface area contributed by atoms with E-state index < -0.39 is 11.3 Å². The van der Waals surface area contributed by atoms with E-state index in [-0.39, 0.29) is 5.56 Å². The molecule has 0 saturated heterocycles. The Morgan fingerprint density at radius 2 is 2.24 bits per heavy atom. The van der Waals surface area contributed by atoms with Crippen molar-refractivity contribution in [2.24, 2.45) is 17.1 Å². The van der Waals surface area contributed by atoms with Gasteiger partial charge >= 0.3 is 0 Å². The Bertz CT molecular complexity index is 593. The van der Waals surface area contributed by atoms with Crippen molar-refractivity contribution in [2.75, 3.05) is 11.9 Å². The number of nitrogens with one attached hydrogen (secondary N) is 1. The Morgan fingerprint density at radius 1 is 1.57 bits per heavy atom. The van der Waals surface area contributed by atoms with E-state index in [1.165, 1.54) is 11.1 Å². The molecule has 116 valence electrons. The quantitative estimate of drug-likeness (QED) is 0.811. The molecule has 7 heteroatoms. The monoisotopic (exact) mass is 356 g/mol. The third-order valence-electron chi connectivity index (χ3n) is 4.03. The number of nitrogens with two attached hydrogens (primary N) is 1. The smallest absolute Gasteiger partial charge is 0.291 e. The zero-order chi connectivity index (χ0) is 15.6. The predicted molar refractivity (Wildman–Crippen MR) is 85.0 cm³/mol. The topological polar surface area (TPSA) is 90.0 Å². The van der Waals surface area contributed by atoms with Crippen LogP contribution in [0.15, 0.2) is 15.5 Å². The first-order valence-corrected chi connectivity index (χ1v) is 7.90. The van der Waals surface area contributed by atoms with Gasteiger partial charge in [-0.25, -0.2) is 4.68 Å². The lowest BCUT2D eigenvalue weighted by Crippen LogP contribution is -2.39. The van der Waals surface area contributed by atoms with Crippen LogP contribution < -0.4 is 16.6 Å². The second-order valence-corrected chi connectivity index (χ2v) is 7.11. The molecule has 1 aliphatic rings. The van der Waals surface area contributed by atoms with Crippen molar-refractivity contribution in [1.82, 2.24) is 9.78 Å². The molecule has 0 spiro atoms. The molecule has 1 aromatic heterocycles. The van der Waals surface area contributed by atoms with Crippen molar-refractivity contribution >= 4 is 27.5 Å².